The molecule has 1 aliphatic rings. The predicted molar refractivity (Wildman–Crippen MR) is 88.0 cm³/mol. The minimum atomic E-state index is 0.484. The van der Waals surface area contributed by atoms with Crippen LogP contribution in [0.15, 0.2) is 30.5 Å². The number of aryl methyl sites for hydroxylation is 1. The Balaban J connectivity index is 1.62. The van der Waals surface area contributed by atoms with Crippen molar-refractivity contribution in [2.75, 3.05) is 25.0 Å². The van der Waals surface area contributed by atoms with Crippen LogP contribution < -0.4 is 10.6 Å². The monoisotopic (exact) mass is 297 g/mol. The van der Waals surface area contributed by atoms with Crippen LogP contribution in [0.5, 0.6) is 0 Å². The third-order valence-electron chi connectivity index (χ3n) is 3.99. The summed E-state index contributed by atoms with van der Waals surface area (Å²) >= 11 is 0. The van der Waals surface area contributed by atoms with Crippen LogP contribution in [0, 0.1) is 6.92 Å². The number of anilines is 1. The van der Waals surface area contributed by atoms with Crippen molar-refractivity contribution in [2.45, 2.75) is 32.1 Å². The summed E-state index contributed by atoms with van der Waals surface area (Å²) in [5.41, 5.74) is 2.13. The molecule has 0 aliphatic carbocycles. The molecule has 0 atom stereocenters. The average Bonchev–Trinajstić information content (AvgIpc) is 2.56. The molecule has 116 valence electrons. The number of nitrogens with one attached hydrogen (secondary N) is 2. The Kier molecular flexibility index (Phi) is 4.96. The molecule has 0 radical (unpaired) electrons. The maximum Gasteiger partial charge on any atom is 0.134 e. The molecule has 1 saturated heterocycles. The van der Waals surface area contributed by atoms with E-state index in [9.17, 15) is 0 Å². The van der Waals surface area contributed by atoms with E-state index in [4.69, 9.17) is 4.98 Å². The second kappa shape index (κ2) is 7.31. The first-order chi connectivity index (χ1) is 10.8. The van der Waals surface area contributed by atoms with Gasteiger partial charge >= 0.3 is 0 Å². The van der Waals surface area contributed by atoms with Crippen LogP contribution in [0.4, 0.5) is 5.82 Å². The van der Waals surface area contributed by atoms with Crippen LogP contribution in [-0.4, -0.2) is 34.6 Å². The standard InChI is InChI=1S/C17H23N5/c1-13-12-16(20-11-7-15-4-2-3-8-19-15)22-17(21-13)14-5-9-18-10-6-14/h2-4,8,12,14,18H,5-7,9-11H2,1H3,(H,20,21,22). The van der Waals surface area contributed by atoms with Gasteiger partial charge < -0.3 is 10.6 Å². The maximum atomic E-state index is 4.72. The zero-order chi connectivity index (χ0) is 15.2. The van der Waals surface area contributed by atoms with E-state index in [0.717, 1.165) is 61.9 Å². The minimum absolute atomic E-state index is 0.484. The number of nitrogens with zero attached hydrogens (tertiary/aromatic N) is 3. The fraction of sp³-hybridized carbons (Fsp3) is 0.471. The van der Waals surface area contributed by atoms with Crippen LogP contribution in [-0.2, 0) is 6.42 Å². The SMILES string of the molecule is Cc1cc(NCCc2ccccn2)nc(C2CCNCC2)n1. The van der Waals surface area contributed by atoms with Crippen molar-refractivity contribution in [1.29, 1.82) is 0 Å². The number of piperidine rings is 1. The molecule has 0 saturated carbocycles. The zero-order valence-electron chi connectivity index (χ0n) is 13.0. The third-order valence-corrected chi connectivity index (χ3v) is 3.99. The van der Waals surface area contributed by atoms with Gasteiger partial charge in [0.25, 0.3) is 0 Å². The Morgan fingerprint density at radius 3 is 2.86 bits per heavy atom. The number of hydrogen-bond acceptors (Lipinski definition) is 5. The highest BCUT2D eigenvalue weighted by atomic mass is 15.0. The van der Waals surface area contributed by atoms with E-state index >= 15 is 0 Å². The molecule has 1 aliphatic heterocycles. The first kappa shape index (κ1) is 14.9. The molecule has 3 rings (SSSR count). The highest BCUT2D eigenvalue weighted by Gasteiger charge is 2.18. The number of aromatic nitrogens is 3. The van der Waals surface area contributed by atoms with Crippen molar-refractivity contribution in [3.05, 3.63) is 47.7 Å². The summed E-state index contributed by atoms with van der Waals surface area (Å²) in [6.45, 7) is 4.99. The van der Waals surface area contributed by atoms with E-state index in [0.29, 0.717) is 5.92 Å². The maximum absolute atomic E-state index is 4.72. The Labute approximate surface area is 131 Å². The molecule has 2 aromatic heterocycles. The van der Waals surface area contributed by atoms with Crippen LogP contribution >= 0.6 is 0 Å². The van der Waals surface area contributed by atoms with Crippen molar-refractivity contribution in [1.82, 2.24) is 20.3 Å². The Bertz CT molecular complexity index is 593. The molecule has 2 N–H and O–H groups in total. The van der Waals surface area contributed by atoms with E-state index in [1.807, 2.05) is 37.4 Å². The molecule has 0 aromatic carbocycles. The normalized spacial score (nSPS) is 15.7. The molecule has 0 amide bonds. The minimum Gasteiger partial charge on any atom is -0.370 e. The van der Waals surface area contributed by atoms with Gasteiger partial charge in [-0.25, -0.2) is 9.97 Å². The van der Waals surface area contributed by atoms with Crippen molar-refractivity contribution in [3.8, 4) is 0 Å². The fourth-order valence-electron chi connectivity index (χ4n) is 2.81. The lowest BCUT2D eigenvalue weighted by Gasteiger charge is -2.22. The van der Waals surface area contributed by atoms with Gasteiger partial charge in [0.15, 0.2) is 0 Å². The van der Waals surface area contributed by atoms with Gasteiger partial charge in [-0.3, -0.25) is 4.98 Å². The van der Waals surface area contributed by atoms with E-state index in [1.165, 1.54) is 0 Å². The van der Waals surface area contributed by atoms with Gasteiger partial charge in [0, 0.05) is 42.5 Å². The quantitative estimate of drug-likeness (QED) is 0.886. The molecule has 3 heterocycles. The number of hydrogen-bond donors (Lipinski definition) is 2. The van der Waals surface area contributed by atoms with Crippen LogP contribution in [0.25, 0.3) is 0 Å². The molecular formula is C17H23N5. The lowest BCUT2D eigenvalue weighted by atomic mass is 9.97. The molecular weight excluding hydrogens is 274 g/mol. The Hall–Kier alpha value is -2.01. The molecule has 0 spiro atoms. The van der Waals surface area contributed by atoms with E-state index in [2.05, 4.69) is 20.6 Å². The van der Waals surface area contributed by atoms with Gasteiger partial charge in [-0.1, -0.05) is 6.07 Å². The summed E-state index contributed by atoms with van der Waals surface area (Å²) in [7, 11) is 0. The fourth-order valence-corrected chi connectivity index (χ4v) is 2.81. The molecule has 0 bridgehead atoms. The number of rotatable bonds is 5. The van der Waals surface area contributed by atoms with Gasteiger partial charge in [-0.15, -0.1) is 0 Å². The molecule has 22 heavy (non-hydrogen) atoms. The first-order valence-electron chi connectivity index (χ1n) is 8.01. The predicted octanol–water partition coefficient (Wildman–Crippen LogP) is 2.30. The first-order valence-corrected chi connectivity index (χ1v) is 8.01. The van der Waals surface area contributed by atoms with Gasteiger partial charge in [-0.05, 0) is 45.0 Å². The Morgan fingerprint density at radius 1 is 1.23 bits per heavy atom. The Morgan fingerprint density at radius 2 is 2.09 bits per heavy atom. The van der Waals surface area contributed by atoms with Gasteiger partial charge in [0.1, 0.15) is 11.6 Å². The summed E-state index contributed by atoms with van der Waals surface area (Å²) < 4.78 is 0. The number of pyridine rings is 1. The molecule has 5 nitrogen and oxygen atoms in total. The highest BCUT2D eigenvalue weighted by molar-refractivity contribution is 5.36. The molecule has 1 fully saturated rings. The molecule has 0 unspecified atom stereocenters. The van der Waals surface area contributed by atoms with Gasteiger partial charge in [-0.2, -0.15) is 0 Å². The largest absolute Gasteiger partial charge is 0.370 e. The van der Waals surface area contributed by atoms with Gasteiger partial charge in [0.05, 0.1) is 0 Å². The van der Waals surface area contributed by atoms with E-state index in [1.54, 1.807) is 0 Å². The van der Waals surface area contributed by atoms with Crippen LogP contribution in [0.2, 0.25) is 0 Å². The van der Waals surface area contributed by atoms with E-state index in [-0.39, 0.29) is 0 Å². The smallest absolute Gasteiger partial charge is 0.134 e. The molecule has 2 aromatic rings. The van der Waals surface area contributed by atoms with Crippen molar-refractivity contribution in [2.24, 2.45) is 0 Å². The topological polar surface area (TPSA) is 62.7 Å². The zero-order valence-corrected chi connectivity index (χ0v) is 13.0. The highest BCUT2D eigenvalue weighted by Crippen LogP contribution is 2.23. The molecule has 5 heteroatoms. The lowest BCUT2D eigenvalue weighted by molar-refractivity contribution is 0.444. The van der Waals surface area contributed by atoms with Crippen molar-refractivity contribution >= 4 is 5.82 Å². The summed E-state index contributed by atoms with van der Waals surface area (Å²) in [6, 6.07) is 8.03. The lowest BCUT2D eigenvalue weighted by Crippen LogP contribution is -2.27. The van der Waals surface area contributed by atoms with Crippen molar-refractivity contribution < 1.29 is 0 Å². The summed E-state index contributed by atoms with van der Waals surface area (Å²) in [5.74, 6) is 2.40. The van der Waals surface area contributed by atoms with Crippen LogP contribution in [0.1, 0.15) is 36.0 Å². The summed E-state index contributed by atoms with van der Waals surface area (Å²) in [4.78, 5) is 13.7. The van der Waals surface area contributed by atoms with Gasteiger partial charge in [0.2, 0.25) is 0 Å². The van der Waals surface area contributed by atoms with Crippen molar-refractivity contribution in [3.63, 3.8) is 0 Å². The van der Waals surface area contributed by atoms with Crippen LogP contribution in [0.3, 0.4) is 0 Å². The second-order valence-electron chi connectivity index (χ2n) is 5.77. The third kappa shape index (κ3) is 4.01. The average molecular weight is 297 g/mol. The van der Waals surface area contributed by atoms with E-state index < -0.39 is 0 Å². The second-order valence-corrected chi connectivity index (χ2v) is 5.77. The summed E-state index contributed by atoms with van der Waals surface area (Å²) in [5, 5.41) is 6.79. The summed E-state index contributed by atoms with van der Waals surface area (Å²) in [6.07, 6.45) is 4.97.